The Labute approximate surface area is 85.9 Å². The lowest BCUT2D eigenvalue weighted by molar-refractivity contribution is 0.415. The molecular formula is C9H8FNO3S. The number of ether oxygens (including phenoxy) is 1. The average molecular weight is 229 g/mol. The number of nitrogens with one attached hydrogen (secondary N) is 1. The van der Waals surface area contributed by atoms with E-state index in [-0.39, 0.29) is 4.90 Å². The van der Waals surface area contributed by atoms with Gasteiger partial charge in [0.05, 0.1) is 12.6 Å². The molecule has 0 aliphatic rings. The molecule has 2 aromatic rings. The van der Waals surface area contributed by atoms with Crippen molar-refractivity contribution in [2.75, 3.05) is 7.11 Å². The molecule has 80 valence electrons. The fraction of sp³-hybridized carbons (Fsp3) is 0.111. The molecule has 0 amide bonds. The van der Waals surface area contributed by atoms with Gasteiger partial charge in [-0.15, -0.1) is 3.89 Å². The predicted octanol–water partition coefficient (Wildman–Crippen LogP) is 1.83. The summed E-state index contributed by atoms with van der Waals surface area (Å²) in [6.07, 6.45) is 1.12. The third kappa shape index (κ3) is 1.68. The first-order chi connectivity index (χ1) is 7.02. The second-order valence-electron chi connectivity index (χ2n) is 3.00. The zero-order valence-corrected chi connectivity index (χ0v) is 8.64. The van der Waals surface area contributed by atoms with Gasteiger partial charge in [-0.1, -0.05) is 0 Å². The third-order valence-electron chi connectivity index (χ3n) is 2.11. The van der Waals surface area contributed by atoms with Gasteiger partial charge in [0.25, 0.3) is 0 Å². The Balaban J connectivity index is 2.73. The summed E-state index contributed by atoms with van der Waals surface area (Å²) >= 11 is 0. The first-order valence-corrected chi connectivity index (χ1v) is 5.50. The highest BCUT2D eigenvalue weighted by Gasteiger charge is 2.17. The number of hydrogen-bond acceptors (Lipinski definition) is 3. The summed E-state index contributed by atoms with van der Waals surface area (Å²) in [5, 5.41) is 0.318. The number of fused-ring (bicyclic) bond motifs is 1. The molecule has 0 saturated carbocycles. The van der Waals surface area contributed by atoms with Crippen molar-refractivity contribution in [2.24, 2.45) is 0 Å². The zero-order chi connectivity index (χ0) is 11.1. The molecule has 2 rings (SSSR count). The molecular weight excluding hydrogens is 221 g/mol. The van der Waals surface area contributed by atoms with Crippen molar-refractivity contribution < 1.29 is 17.0 Å². The Kier molecular flexibility index (Phi) is 2.15. The van der Waals surface area contributed by atoms with Crippen LogP contribution in [0.25, 0.3) is 10.9 Å². The van der Waals surface area contributed by atoms with Gasteiger partial charge in [0.1, 0.15) is 10.6 Å². The van der Waals surface area contributed by atoms with Gasteiger partial charge in [0.2, 0.25) is 0 Å². The topological polar surface area (TPSA) is 59.2 Å². The van der Waals surface area contributed by atoms with E-state index >= 15 is 0 Å². The molecule has 6 heteroatoms. The van der Waals surface area contributed by atoms with Crippen LogP contribution in [0, 0.1) is 0 Å². The predicted molar refractivity (Wildman–Crippen MR) is 53.1 cm³/mol. The Hall–Kier alpha value is -1.56. The fourth-order valence-electron chi connectivity index (χ4n) is 1.41. The molecule has 0 atom stereocenters. The molecule has 1 N–H and O–H groups in total. The van der Waals surface area contributed by atoms with Gasteiger partial charge in [-0.05, 0) is 12.1 Å². The van der Waals surface area contributed by atoms with Crippen LogP contribution in [-0.4, -0.2) is 20.5 Å². The van der Waals surface area contributed by atoms with Gasteiger partial charge in [0.15, 0.2) is 0 Å². The van der Waals surface area contributed by atoms with E-state index in [1.807, 2.05) is 0 Å². The summed E-state index contributed by atoms with van der Waals surface area (Å²) < 4.78 is 39.2. The second kappa shape index (κ2) is 3.23. The number of H-pyrrole nitrogens is 1. The van der Waals surface area contributed by atoms with E-state index < -0.39 is 10.2 Å². The highest BCUT2D eigenvalue weighted by molar-refractivity contribution is 7.86. The van der Waals surface area contributed by atoms with E-state index in [0.717, 1.165) is 6.20 Å². The van der Waals surface area contributed by atoms with E-state index in [1.54, 1.807) is 12.1 Å². The smallest absolute Gasteiger partial charge is 0.334 e. The SMILES string of the molecule is COc1ccc2c(S(=O)(=O)F)c[nH]c2c1. The van der Waals surface area contributed by atoms with E-state index in [1.165, 1.54) is 13.2 Å². The normalized spacial score (nSPS) is 11.9. The molecule has 1 aromatic carbocycles. The molecule has 15 heavy (non-hydrogen) atoms. The van der Waals surface area contributed by atoms with E-state index in [9.17, 15) is 12.3 Å². The maximum atomic E-state index is 12.8. The quantitative estimate of drug-likeness (QED) is 0.799. The monoisotopic (exact) mass is 229 g/mol. The first-order valence-electron chi connectivity index (χ1n) is 4.12. The van der Waals surface area contributed by atoms with E-state index in [4.69, 9.17) is 4.74 Å². The number of benzene rings is 1. The lowest BCUT2D eigenvalue weighted by atomic mass is 10.2. The fourth-order valence-corrected chi connectivity index (χ4v) is 2.05. The lowest BCUT2D eigenvalue weighted by Crippen LogP contribution is -1.89. The summed E-state index contributed by atoms with van der Waals surface area (Å²) in [5.74, 6) is 0.576. The Morgan fingerprint density at radius 3 is 2.73 bits per heavy atom. The third-order valence-corrected chi connectivity index (χ3v) is 2.98. The minimum Gasteiger partial charge on any atom is -0.497 e. The van der Waals surface area contributed by atoms with Crippen molar-refractivity contribution in [2.45, 2.75) is 4.90 Å². The van der Waals surface area contributed by atoms with Crippen molar-refractivity contribution in [1.82, 2.24) is 4.98 Å². The van der Waals surface area contributed by atoms with E-state index in [2.05, 4.69) is 4.98 Å². The average Bonchev–Trinajstić information content (AvgIpc) is 2.59. The Morgan fingerprint density at radius 2 is 2.13 bits per heavy atom. The number of rotatable bonds is 2. The van der Waals surface area contributed by atoms with Crippen molar-refractivity contribution in [3.63, 3.8) is 0 Å². The molecule has 0 spiro atoms. The van der Waals surface area contributed by atoms with E-state index in [0.29, 0.717) is 16.7 Å². The minimum atomic E-state index is -4.68. The van der Waals surface area contributed by atoms with Gasteiger partial charge in [-0.2, -0.15) is 8.42 Å². The molecule has 0 radical (unpaired) electrons. The van der Waals surface area contributed by atoms with Gasteiger partial charge in [-0.25, -0.2) is 0 Å². The summed E-state index contributed by atoms with van der Waals surface area (Å²) in [6.45, 7) is 0. The van der Waals surface area contributed by atoms with Crippen LogP contribution in [0.15, 0.2) is 29.3 Å². The number of halogens is 1. The van der Waals surface area contributed by atoms with Gasteiger partial charge in [0, 0.05) is 17.6 Å². The summed E-state index contributed by atoms with van der Waals surface area (Å²) in [6, 6.07) is 4.67. The number of aromatic amines is 1. The maximum absolute atomic E-state index is 12.8. The maximum Gasteiger partial charge on any atom is 0.334 e. The van der Waals surface area contributed by atoms with Crippen LogP contribution in [-0.2, 0) is 10.2 Å². The Morgan fingerprint density at radius 1 is 1.40 bits per heavy atom. The largest absolute Gasteiger partial charge is 0.497 e. The van der Waals surface area contributed by atoms with Gasteiger partial charge < -0.3 is 9.72 Å². The van der Waals surface area contributed by atoms with Gasteiger partial charge >= 0.3 is 10.2 Å². The van der Waals surface area contributed by atoms with Gasteiger partial charge in [-0.3, -0.25) is 0 Å². The molecule has 0 saturated heterocycles. The lowest BCUT2D eigenvalue weighted by Gasteiger charge is -1.98. The summed E-state index contributed by atoms with van der Waals surface area (Å²) in [4.78, 5) is 2.32. The van der Waals surface area contributed by atoms with Crippen LogP contribution in [0.4, 0.5) is 3.89 Å². The molecule has 0 unspecified atom stereocenters. The van der Waals surface area contributed by atoms with Crippen LogP contribution in [0.1, 0.15) is 0 Å². The molecule has 0 aliphatic heterocycles. The first kappa shape index (κ1) is 9.97. The summed E-state index contributed by atoms with van der Waals surface area (Å²) in [7, 11) is -3.18. The number of hydrogen-bond donors (Lipinski definition) is 1. The van der Waals surface area contributed by atoms with Crippen molar-refractivity contribution in [1.29, 1.82) is 0 Å². The molecule has 1 aromatic heterocycles. The molecule has 1 heterocycles. The van der Waals surface area contributed by atoms with Crippen LogP contribution >= 0.6 is 0 Å². The van der Waals surface area contributed by atoms with Crippen molar-refractivity contribution >= 4 is 21.1 Å². The van der Waals surface area contributed by atoms with Crippen molar-refractivity contribution in [3.05, 3.63) is 24.4 Å². The zero-order valence-electron chi connectivity index (χ0n) is 7.82. The van der Waals surface area contributed by atoms with Crippen molar-refractivity contribution in [3.8, 4) is 5.75 Å². The number of methoxy groups -OCH3 is 1. The minimum absolute atomic E-state index is 0.318. The molecule has 4 nitrogen and oxygen atoms in total. The van der Waals surface area contributed by atoms with Crippen LogP contribution in [0.2, 0.25) is 0 Å². The molecule has 0 bridgehead atoms. The highest BCUT2D eigenvalue weighted by atomic mass is 32.3. The Bertz CT molecular complexity index is 603. The summed E-state index contributed by atoms with van der Waals surface area (Å²) in [5.41, 5.74) is 0.519. The van der Waals surface area contributed by atoms with Crippen LogP contribution in [0.5, 0.6) is 5.75 Å². The van der Waals surface area contributed by atoms with Crippen LogP contribution in [0.3, 0.4) is 0 Å². The van der Waals surface area contributed by atoms with Crippen LogP contribution < -0.4 is 4.74 Å². The number of aromatic nitrogens is 1. The second-order valence-corrected chi connectivity index (χ2v) is 4.32. The standard InChI is InChI=1S/C9H8FNO3S/c1-14-6-2-3-7-8(4-6)11-5-9(7)15(10,12)13/h2-5,11H,1H3. The highest BCUT2D eigenvalue weighted by Crippen LogP contribution is 2.27. The molecule has 0 fully saturated rings. The molecule has 0 aliphatic carbocycles.